The average molecular weight is 503 g/mol. The number of amides is 1. The summed E-state index contributed by atoms with van der Waals surface area (Å²) >= 11 is 0. The standard InChI is InChI=1S/C29H30N2O6/c1-18(2)17-37-21-9-7-20(8-10-21)27(32)25-26(23-14-22(35-3)11-12-24(23)36-4)31(29(34)28(25)33)16-19-6-5-13-30-15-19/h5-15,18,26,32H,16-17H2,1-4H3/t26-/m0/s1. The number of Topliss-reactive ketones (excluding diaryl/α,β-unsaturated/α-hetero) is 1. The van der Waals surface area contributed by atoms with Crippen molar-refractivity contribution >= 4 is 17.4 Å². The highest BCUT2D eigenvalue weighted by atomic mass is 16.5. The Labute approximate surface area is 216 Å². The molecule has 1 saturated heterocycles. The van der Waals surface area contributed by atoms with Crippen molar-refractivity contribution < 1.29 is 28.9 Å². The monoisotopic (exact) mass is 502 g/mol. The summed E-state index contributed by atoms with van der Waals surface area (Å²) < 4.78 is 16.7. The van der Waals surface area contributed by atoms with Crippen molar-refractivity contribution in [3.05, 3.63) is 89.3 Å². The summed E-state index contributed by atoms with van der Waals surface area (Å²) in [6, 6.07) is 14.6. The first-order chi connectivity index (χ1) is 17.8. The second kappa shape index (κ2) is 11.2. The highest BCUT2D eigenvalue weighted by Gasteiger charge is 2.47. The molecule has 0 aliphatic carbocycles. The third kappa shape index (κ3) is 5.43. The Morgan fingerprint density at radius 3 is 2.38 bits per heavy atom. The summed E-state index contributed by atoms with van der Waals surface area (Å²) in [5.41, 5.74) is 1.62. The second-order valence-corrected chi connectivity index (χ2v) is 9.13. The first kappa shape index (κ1) is 25.8. The maximum absolute atomic E-state index is 13.4. The van der Waals surface area contributed by atoms with Gasteiger partial charge in [-0.05, 0) is 60.0 Å². The van der Waals surface area contributed by atoms with Crippen molar-refractivity contribution in [3.8, 4) is 17.2 Å². The van der Waals surface area contributed by atoms with Gasteiger partial charge >= 0.3 is 0 Å². The summed E-state index contributed by atoms with van der Waals surface area (Å²) in [4.78, 5) is 32.2. The fraction of sp³-hybridized carbons (Fsp3) is 0.276. The highest BCUT2D eigenvalue weighted by molar-refractivity contribution is 6.46. The van der Waals surface area contributed by atoms with Gasteiger partial charge < -0.3 is 24.2 Å². The topological polar surface area (TPSA) is 98.2 Å². The SMILES string of the molecule is COc1ccc(OC)c([C@H]2C(=C(O)c3ccc(OCC(C)C)cc3)C(=O)C(=O)N2Cc2cccnc2)c1. The molecule has 0 unspecified atom stereocenters. The maximum atomic E-state index is 13.4. The fourth-order valence-electron chi connectivity index (χ4n) is 4.24. The zero-order chi connectivity index (χ0) is 26.5. The Balaban J connectivity index is 1.83. The Morgan fingerprint density at radius 2 is 1.76 bits per heavy atom. The van der Waals surface area contributed by atoms with Crippen molar-refractivity contribution in [1.82, 2.24) is 9.88 Å². The van der Waals surface area contributed by atoms with Crippen LogP contribution in [0.4, 0.5) is 0 Å². The largest absolute Gasteiger partial charge is 0.507 e. The molecule has 1 aromatic heterocycles. The number of benzene rings is 2. The third-order valence-electron chi connectivity index (χ3n) is 6.06. The normalized spacial score (nSPS) is 16.8. The van der Waals surface area contributed by atoms with Crippen molar-refractivity contribution in [3.63, 3.8) is 0 Å². The molecule has 1 atom stereocenters. The zero-order valence-corrected chi connectivity index (χ0v) is 21.3. The van der Waals surface area contributed by atoms with Crippen LogP contribution in [0.1, 0.15) is 36.6 Å². The number of likely N-dealkylation sites (tertiary alicyclic amines) is 1. The number of rotatable bonds is 9. The number of ether oxygens (including phenoxy) is 3. The van der Waals surface area contributed by atoms with E-state index in [9.17, 15) is 14.7 Å². The molecular weight excluding hydrogens is 472 g/mol. The lowest BCUT2D eigenvalue weighted by atomic mass is 9.94. The number of aliphatic hydroxyl groups excluding tert-OH is 1. The average Bonchev–Trinajstić information content (AvgIpc) is 3.16. The van der Waals surface area contributed by atoms with Crippen LogP contribution < -0.4 is 14.2 Å². The van der Waals surface area contributed by atoms with Crippen LogP contribution in [-0.2, 0) is 16.1 Å². The van der Waals surface area contributed by atoms with Crippen LogP contribution in [0, 0.1) is 5.92 Å². The number of ketones is 1. The Hall–Kier alpha value is -4.33. The fourth-order valence-corrected chi connectivity index (χ4v) is 4.24. The van der Waals surface area contributed by atoms with E-state index in [1.807, 2.05) is 6.07 Å². The van der Waals surface area contributed by atoms with E-state index in [4.69, 9.17) is 14.2 Å². The number of aliphatic hydroxyl groups is 1. The van der Waals surface area contributed by atoms with Crippen LogP contribution in [-0.4, -0.2) is 47.5 Å². The Kier molecular flexibility index (Phi) is 7.77. The molecule has 1 amide bonds. The van der Waals surface area contributed by atoms with Gasteiger partial charge in [-0.15, -0.1) is 0 Å². The van der Waals surface area contributed by atoms with Gasteiger partial charge in [0.2, 0.25) is 0 Å². The zero-order valence-electron chi connectivity index (χ0n) is 21.3. The molecule has 37 heavy (non-hydrogen) atoms. The number of carbonyl (C=O) groups excluding carboxylic acids is 2. The molecule has 0 radical (unpaired) electrons. The van der Waals surface area contributed by atoms with E-state index in [0.717, 1.165) is 5.56 Å². The number of hydrogen-bond acceptors (Lipinski definition) is 7. The molecule has 192 valence electrons. The molecule has 0 spiro atoms. The van der Waals surface area contributed by atoms with Crippen molar-refractivity contribution in [1.29, 1.82) is 0 Å². The molecule has 0 saturated carbocycles. The van der Waals surface area contributed by atoms with Crippen LogP contribution in [0.2, 0.25) is 0 Å². The third-order valence-corrected chi connectivity index (χ3v) is 6.06. The summed E-state index contributed by atoms with van der Waals surface area (Å²) in [5.74, 6) is 0.197. The first-order valence-electron chi connectivity index (χ1n) is 12.0. The van der Waals surface area contributed by atoms with Crippen LogP contribution in [0.5, 0.6) is 17.2 Å². The molecule has 0 bridgehead atoms. The molecule has 4 rings (SSSR count). The summed E-state index contributed by atoms with van der Waals surface area (Å²) in [6.45, 7) is 4.78. The van der Waals surface area contributed by atoms with Gasteiger partial charge in [0.25, 0.3) is 11.7 Å². The second-order valence-electron chi connectivity index (χ2n) is 9.13. The van der Waals surface area contributed by atoms with Gasteiger partial charge in [-0.2, -0.15) is 0 Å². The van der Waals surface area contributed by atoms with Gasteiger partial charge in [-0.25, -0.2) is 0 Å². The molecule has 1 aliphatic rings. The Bertz CT molecular complexity index is 1300. The quantitative estimate of drug-likeness (QED) is 0.256. The van der Waals surface area contributed by atoms with Gasteiger partial charge in [-0.3, -0.25) is 14.6 Å². The maximum Gasteiger partial charge on any atom is 0.295 e. The van der Waals surface area contributed by atoms with Crippen LogP contribution in [0.25, 0.3) is 5.76 Å². The number of nitrogens with zero attached hydrogens (tertiary/aromatic N) is 2. The summed E-state index contributed by atoms with van der Waals surface area (Å²) in [7, 11) is 3.04. The number of methoxy groups -OCH3 is 2. The molecule has 3 aromatic rings. The van der Waals surface area contributed by atoms with Crippen molar-refractivity contribution in [2.24, 2.45) is 5.92 Å². The lowest BCUT2D eigenvalue weighted by Crippen LogP contribution is -2.29. The summed E-state index contributed by atoms with van der Waals surface area (Å²) in [5, 5.41) is 11.4. The number of carbonyl (C=O) groups is 2. The highest BCUT2D eigenvalue weighted by Crippen LogP contribution is 2.44. The number of hydrogen-bond donors (Lipinski definition) is 1. The predicted octanol–water partition coefficient (Wildman–Crippen LogP) is 4.76. The molecule has 1 fully saturated rings. The van der Waals surface area contributed by atoms with Crippen molar-refractivity contribution in [2.75, 3.05) is 20.8 Å². The molecule has 2 heterocycles. The Morgan fingerprint density at radius 1 is 1.03 bits per heavy atom. The van der Waals surface area contributed by atoms with Gasteiger partial charge in [0.1, 0.15) is 23.0 Å². The van der Waals surface area contributed by atoms with Crippen LogP contribution in [0.15, 0.2) is 72.6 Å². The van der Waals surface area contributed by atoms with E-state index >= 15 is 0 Å². The first-order valence-corrected chi connectivity index (χ1v) is 12.0. The van der Waals surface area contributed by atoms with Gasteiger partial charge in [0.15, 0.2) is 0 Å². The lowest BCUT2D eigenvalue weighted by Gasteiger charge is -2.27. The molecule has 8 nitrogen and oxygen atoms in total. The molecule has 1 aliphatic heterocycles. The van der Waals surface area contributed by atoms with Gasteiger partial charge in [0, 0.05) is 30.1 Å². The lowest BCUT2D eigenvalue weighted by molar-refractivity contribution is -0.140. The smallest absolute Gasteiger partial charge is 0.295 e. The minimum Gasteiger partial charge on any atom is -0.507 e. The van der Waals surface area contributed by atoms with E-state index in [2.05, 4.69) is 18.8 Å². The van der Waals surface area contributed by atoms with Gasteiger partial charge in [-0.1, -0.05) is 19.9 Å². The molecule has 2 aromatic carbocycles. The van der Waals surface area contributed by atoms with E-state index in [-0.39, 0.29) is 17.9 Å². The van der Waals surface area contributed by atoms with E-state index < -0.39 is 17.7 Å². The van der Waals surface area contributed by atoms with Gasteiger partial charge in [0.05, 0.1) is 32.4 Å². The minimum atomic E-state index is -0.915. The van der Waals surface area contributed by atoms with Crippen LogP contribution >= 0.6 is 0 Å². The predicted molar refractivity (Wildman–Crippen MR) is 138 cm³/mol. The van der Waals surface area contributed by atoms with E-state index in [0.29, 0.717) is 40.9 Å². The molecular formula is C29H30N2O6. The van der Waals surface area contributed by atoms with E-state index in [1.165, 1.54) is 19.1 Å². The number of pyridine rings is 1. The summed E-state index contributed by atoms with van der Waals surface area (Å²) in [6.07, 6.45) is 3.27. The number of aromatic nitrogens is 1. The minimum absolute atomic E-state index is 0.0312. The molecule has 8 heteroatoms. The molecule has 1 N–H and O–H groups in total. The van der Waals surface area contributed by atoms with E-state index in [1.54, 1.807) is 60.9 Å². The van der Waals surface area contributed by atoms with Crippen LogP contribution in [0.3, 0.4) is 0 Å². The van der Waals surface area contributed by atoms with Crippen molar-refractivity contribution in [2.45, 2.75) is 26.4 Å².